The van der Waals surface area contributed by atoms with Crippen molar-refractivity contribution in [2.24, 2.45) is 0 Å². The van der Waals surface area contributed by atoms with E-state index in [0.717, 1.165) is 11.4 Å². The molecular formula is C3H14B6. The molecule has 0 aromatic carbocycles. The van der Waals surface area contributed by atoms with Crippen molar-refractivity contribution in [3.8, 4) is 0 Å². The number of hydrogen-bond donors (Lipinski definition) is 0. The second-order valence-electron chi connectivity index (χ2n) is 4.13. The highest BCUT2D eigenvalue weighted by Gasteiger charge is 2.25. The summed E-state index contributed by atoms with van der Waals surface area (Å²) < 4.78 is 0. The van der Waals surface area contributed by atoms with Crippen molar-refractivity contribution >= 4 is 47.1 Å². The molecule has 0 atom stereocenters. The Bertz CT molecular complexity index is 76.3. The monoisotopic (exact) mass is 116 g/mol. The molecule has 0 nitrogen and oxygen atoms in total. The van der Waals surface area contributed by atoms with Gasteiger partial charge in [-0.2, -0.15) is 0 Å². The van der Waals surface area contributed by atoms with Crippen LogP contribution in [0.4, 0.5) is 0 Å². The summed E-state index contributed by atoms with van der Waals surface area (Å²) in [6.07, 6.45) is 0. The van der Waals surface area contributed by atoms with Gasteiger partial charge in [0.05, 0.1) is 47.1 Å². The van der Waals surface area contributed by atoms with Crippen molar-refractivity contribution in [1.82, 2.24) is 0 Å². The third-order valence-corrected chi connectivity index (χ3v) is 2.98. The molecule has 0 aromatic rings. The zero-order valence-corrected chi connectivity index (χ0v) is 7.65. The predicted octanol–water partition coefficient (Wildman–Crippen LogP) is -4.61. The van der Waals surface area contributed by atoms with Crippen LogP contribution >= 0.6 is 0 Å². The highest BCUT2D eigenvalue weighted by atomic mass is 14.0. The van der Waals surface area contributed by atoms with Gasteiger partial charge in [0.25, 0.3) is 0 Å². The first-order valence-electron chi connectivity index (χ1n) is 3.89. The Kier molecular flexibility index (Phi) is 3.11. The molecule has 0 amide bonds. The summed E-state index contributed by atoms with van der Waals surface area (Å²) in [6, 6.07) is 0. The van der Waals surface area contributed by atoms with Crippen LogP contribution in [0.3, 0.4) is 0 Å². The third-order valence-electron chi connectivity index (χ3n) is 2.98. The van der Waals surface area contributed by atoms with E-state index in [4.69, 9.17) is 0 Å². The molecule has 0 spiro atoms. The fraction of sp³-hybridized carbons (Fsp3) is 1.00. The van der Waals surface area contributed by atoms with Gasteiger partial charge in [0.1, 0.15) is 0 Å². The smallest absolute Gasteiger partial charge is 0.0966 e. The molecule has 6 heteroatoms. The lowest BCUT2D eigenvalue weighted by Crippen LogP contribution is -2.26. The molecule has 0 rings (SSSR count). The van der Waals surface area contributed by atoms with Crippen molar-refractivity contribution < 1.29 is 0 Å². The Labute approximate surface area is 64.4 Å². The summed E-state index contributed by atoms with van der Waals surface area (Å²) in [6.45, 7) is 0. The summed E-state index contributed by atoms with van der Waals surface area (Å²) in [7, 11) is 13.8. The van der Waals surface area contributed by atoms with Crippen molar-refractivity contribution in [3.05, 3.63) is 0 Å². The van der Waals surface area contributed by atoms with E-state index in [1.54, 1.807) is 0 Å². The average molecular weight is 115 g/mol. The Morgan fingerprint density at radius 1 is 0.778 bits per heavy atom. The SMILES string of the molecule is BC(B)C(B)(B)C(B)B. The second kappa shape index (κ2) is 2.98. The molecule has 0 unspecified atom stereocenters. The highest BCUT2D eigenvalue weighted by molar-refractivity contribution is 6.57. The third kappa shape index (κ3) is 2.23. The van der Waals surface area contributed by atoms with Crippen LogP contribution in [-0.2, 0) is 0 Å². The first kappa shape index (κ1) is 9.39. The Hall–Kier alpha value is 0.390. The minimum Gasteiger partial charge on any atom is -0.106 e. The molecule has 0 saturated carbocycles. The molecule has 0 radical (unpaired) electrons. The highest BCUT2D eigenvalue weighted by Crippen LogP contribution is 2.36. The van der Waals surface area contributed by atoms with E-state index in [2.05, 4.69) is 47.1 Å². The van der Waals surface area contributed by atoms with Crippen LogP contribution in [0.25, 0.3) is 0 Å². The Morgan fingerprint density at radius 3 is 1.00 bits per heavy atom. The predicted molar refractivity (Wildman–Crippen MR) is 61.5 cm³/mol. The molecule has 0 aliphatic rings. The van der Waals surface area contributed by atoms with Gasteiger partial charge in [-0.05, 0) is 0 Å². The van der Waals surface area contributed by atoms with E-state index in [0.29, 0.717) is 5.21 Å². The van der Waals surface area contributed by atoms with E-state index in [1.165, 1.54) is 0 Å². The largest absolute Gasteiger partial charge is 0.106 e. The van der Waals surface area contributed by atoms with Crippen LogP contribution in [0.1, 0.15) is 0 Å². The topological polar surface area (TPSA) is 0 Å². The minimum absolute atomic E-state index is 0.500. The first-order valence-corrected chi connectivity index (χ1v) is 3.89. The van der Waals surface area contributed by atoms with Gasteiger partial charge in [0.2, 0.25) is 0 Å². The normalized spacial score (nSPS) is 12.7. The lowest BCUT2D eigenvalue weighted by molar-refractivity contribution is 0.870. The van der Waals surface area contributed by atoms with E-state index in [9.17, 15) is 0 Å². The molecule has 0 aliphatic heterocycles. The Balaban J connectivity index is 4.01. The summed E-state index contributed by atoms with van der Waals surface area (Å²) in [5.41, 5.74) is 1.58. The average Bonchev–Trinajstić information content (AvgIpc) is 1.65. The van der Waals surface area contributed by atoms with Gasteiger partial charge in [-0.1, -0.05) is 0 Å². The molecule has 44 valence electrons. The van der Waals surface area contributed by atoms with Gasteiger partial charge < -0.3 is 0 Å². The van der Waals surface area contributed by atoms with Crippen LogP contribution in [0.2, 0.25) is 16.6 Å². The minimum atomic E-state index is 0.500. The second-order valence-corrected chi connectivity index (χ2v) is 4.13. The molecule has 0 N–H and O–H groups in total. The Morgan fingerprint density at radius 2 is 1.00 bits per heavy atom. The quantitative estimate of drug-likeness (QED) is 0.318. The zero-order valence-electron chi connectivity index (χ0n) is 7.65. The molecule has 0 aliphatic carbocycles. The van der Waals surface area contributed by atoms with Gasteiger partial charge in [-0.3, -0.25) is 0 Å². The van der Waals surface area contributed by atoms with E-state index < -0.39 is 0 Å². The van der Waals surface area contributed by atoms with Gasteiger partial charge in [0.15, 0.2) is 0 Å². The van der Waals surface area contributed by atoms with Crippen LogP contribution in [0.15, 0.2) is 0 Å². The lowest BCUT2D eigenvalue weighted by Gasteiger charge is -2.34. The maximum absolute atomic E-state index is 2.34. The number of hydrogen-bond acceptors (Lipinski definition) is 0. The fourth-order valence-corrected chi connectivity index (χ4v) is 0.667. The maximum atomic E-state index is 2.34. The zero-order chi connectivity index (χ0) is 7.65. The number of rotatable bonds is 2. The lowest BCUT2D eigenvalue weighted by atomic mass is 9.29. The first-order chi connectivity index (χ1) is 3.89. The molecular weight excluding hydrogens is 101 g/mol. The molecule has 0 saturated heterocycles. The maximum Gasteiger partial charge on any atom is 0.0966 e. The molecule has 0 bridgehead atoms. The summed E-state index contributed by atoms with van der Waals surface area (Å²) in [5, 5.41) is 0.500. The van der Waals surface area contributed by atoms with Crippen molar-refractivity contribution in [2.45, 2.75) is 16.6 Å². The molecule has 0 aromatic heterocycles. The van der Waals surface area contributed by atoms with Gasteiger partial charge in [0, 0.05) is 0 Å². The van der Waals surface area contributed by atoms with Crippen LogP contribution in [-0.4, -0.2) is 47.1 Å². The fourth-order valence-electron chi connectivity index (χ4n) is 0.667. The van der Waals surface area contributed by atoms with E-state index in [1.807, 2.05) is 0 Å². The summed E-state index contributed by atoms with van der Waals surface area (Å²) in [4.78, 5) is 0. The standard InChI is InChI=1S/C3H14B6/c4-1(5)3(8,9)2(6)7/h1-2H,4-9H2. The molecule has 0 fully saturated rings. The van der Waals surface area contributed by atoms with Crippen LogP contribution in [0.5, 0.6) is 0 Å². The van der Waals surface area contributed by atoms with E-state index in [-0.39, 0.29) is 0 Å². The molecule has 9 heavy (non-hydrogen) atoms. The summed E-state index contributed by atoms with van der Waals surface area (Å²) >= 11 is 0. The van der Waals surface area contributed by atoms with Crippen LogP contribution in [0, 0.1) is 0 Å². The van der Waals surface area contributed by atoms with Crippen molar-refractivity contribution in [3.63, 3.8) is 0 Å². The van der Waals surface area contributed by atoms with Gasteiger partial charge >= 0.3 is 0 Å². The van der Waals surface area contributed by atoms with Crippen molar-refractivity contribution in [1.29, 1.82) is 0 Å². The molecule has 0 heterocycles. The van der Waals surface area contributed by atoms with Gasteiger partial charge in [-0.15, -0.1) is 16.6 Å². The van der Waals surface area contributed by atoms with Crippen LogP contribution < -0.4 is 0 Å². The summed E-state index contributed by atoms with van der Waals surface area (Å²) in [5.74, 6) is 0. The van der Waals surface area contributed by atoms with Crippen molar-refractivity contribution in [2.75, 3.05) is 0 Å². The van der Waals surface area contributed by atoms with Gasteiger partial charge in [-0.25, -0.2) is 0 Å². The van der Waals surface area contributed by atoms with E-state index >= 15 is 0 Å².